The first kappa shape index (κ1) is 12.3. The number of aryl methyl sites for hydroxylation is 1. The number of rotatable bonds is 3. The highest BCUT2D eigenvalue weighted by Gasteiger charge is 2.09. The summed E-state index contributed by atoms with van der Waals surface area (Å²) in [6.07, 6.45) is 0.939. The van der Waals surface area contributed by atoms with Crippen LogP contribution in [0.2, 0.25) is 0 Å². The van der Waals surface area contributed by atoms with Crippen LogP contribution in [0.25, 0.3) is 10.9 Å². The van der Waals surface area contributed by atoms with Crippen molar-refractivity contribution in [1.29, 1.82) is 0 Å². The van der Waals surface area contributed by atoms with Crippen molar-refractivity contribution >= 4 is 26.8 Å². The number of aromatic nitrogens is 1. The highest BCUT2D eigenvalue weighted by molar-refractivity contribution is 9.10. The summed E-state index contributed by atoms with van der Waals surface area (Å²) in [6, 6.07) is 6.20. The Morgan fingerprint density at radius 2 is 2.06 bits per heavy atom. The van der Waals surface area contributed by atoms with E-state index in [4.69, 9.17) is 10.5 Å². The van der Waals surface area contributed by atoms with Gasteiger partial charge in [0.25, 0.3) is 0 Å². The van der Waals surface area contributed by atoms with Crippen LogP contribution in [0.1, 0.15) is 18.1 Å². The van der Waals surface area contributed by atoms with Gasteiger partial charge in [0, 0.05) is 22.0 Å². The van der Waals surface area contributed by atoms with Gasteiger partial charge < -0.3 is 10.5 Å². The number of hydrogen-bond donors (Lipinski definition) is 1. The second-order valence-electron chi connectivity index (χ2n) is 3.85. The molecule has 1 aromatic heterocycles. The fraction of sp³-hybridized carbons (Fsp3) is 0.308. The Bertz CT molecular complexity index is 555. The average molecular weight is 295 g/mol. The third kappa shape index (κ3) is 2.28. The summed E-state index contributed by atoms with van der Waals surface area (Å²) in [5, 5.41) is 1.09. The Kier molecular flexibility index (Phi) is 3.64. The van der Waals surface area contributed by atoms with Crippen molar-refractivity contribution in [2.24, 2.45) is 5.73 Å². The normalized spacial score (nSPS) is 10.8. The van der Waals surface area contributed by atoms with Crippen molar-refractivity contribution in [1.82, 2.24) is 4.98 Å². The van der Waals surface area contributed by atoms with Gasteiger partial charge >= 0.3 is 0 Å². The minimum absolute atomic E-state index is 0.431. The molecule has 0 fully saturated rings. The number of pyridine rings is 1. The van der Waals surface area contributed by atoms with E-state index in [1.54, 1.807) is 7.11 Å². The molecule has 0 radical (unpaired) electrons. The van der Waals surface area contributed by atoms with Crippen LogP contribution in [-0.4, -0.2) is 12.1 Å². The number of ether oxygens (including phenoxy) is 1. The maximum absolute atomic E-state index is 5.69. The smallest absolute Gasteiger partial charge is 0.218 e. The fourth-order valence-corrected chi connectivity index (χ4v) is 2.46. The number of fused-ring (bicyclic) bond motifs is 1. The van der Waals surface area contributed by atoms with Crippen LogP contribution in [0.15, 0.2) is 22.7 Å². The molecular formula is C13H15BrN2O. The molecule has 1 aromatic carbocycles. The zero-order valence-corrected chi connectivity index (χ0v) is 11.5. The summed E-state index contributed by atoms with van der Waals surface area (Å²) in [5.74, 6) is 0.622. The molecule has 0 aliphatic carbocycles. The zero-order valence-electron chi connectivity index (χ0n) is 9.96. The van der Waals surface area contributed by atoms with Gasteiger partial charge in [-0.1, -0.05) is 22.9 Å². The molecule has 0 atom stereocenters. The summed E-state index contributed by atoms with van der Waals surface area (Å²) in [4.78, 5) is 4.55. The predicted molar refractivity (Wildman–Crippen MR) is 73.3 cm³/mol. The third-order valence-electron chi connectivity index (χ3n) is 2.80. The molecular weight excluding hydrogens is 280 g/mol. The van der Waals surface area contributed by atoms with Crippen LogP contribution in [0, 0.1) is 0 Å². The molecule has 17 heavy (non-hydrogen) atoms. The van der Waals surface area contributed by atoms with Gasteiger partial charge in [-0.05, 0) is 30.2 Å². The van der Waals surface area contributed by atoms with E-state index in [0.717, 1.165) is 27.4 Å². The molecule has 0 aliphatic rings. The van der Waals surface area contributed by atoms with Crippen LogP contribution in [0.3, 0.4) is 0 Å². The molecule has 0 saturated heterocycles. The van der Waals surface area contributed by atoms with E-state index >= 15 is 0 Å². The van der Waals surface area contributed by atoms with Crippen molar-refractivity contribution in [3.8, 4) is 5.88 Å². The third-order valence-corrected chi connectivity index (χ3v) is 3.25. The standard InChI is InChI=1S/C13H15BrN2O/c1-3-8-5-11(14)6-9-4-10(7-15)13(17-2)16-12(8)9/h4-6H,3,7,15H2,1-2H3. The predicted octanol–water partition coefficient (Wildman–Crippen LogP) is 3.03. The van der Waals surface area contributed by atoms with Crippen molar-refractivity contribution < 1.29 is 4.74 Å². The number of nitrogens with zero attached hydrogens (tertiary/aromatic N) is 1. The molecule has 0 aliphatic heterocycles. The van der Waals surface area contributed by atoms with Crippen molar-refractivity contribution in [2.45, 2.75) is 19.9 Å². The minimum atomic E-state index is 0.431. The molecule has 1 heterocycles. The highest BCUT2D eigenvalue weighted by Crippen LogP contribution is 2.28. The fourth-order valence-electron chi connectivity index (χ4n) is 1.94. The first-order valence-electron chi connectivity index (χ1n) is 5.55. The molecule has 0 spiro atoms. The second kappa shape index (κ2) is 5.02. The Balaban J connectivity index is 2.77. The SMILES string of the molecule is CCc1cc(Br)cc2cc(CN)c(OC)nc12. The monoisotopic (exact) mass is 294 g/mol. The summed E-state index contributed by atoms with van der Waals surface area (Å²) < 4.78 is 6.34. The highest BCUT2D eigenvalue weighted by atomic mass is 79.9. The number of benzene rings is 1. The summed E-state index contributed by atoms with van der Waals surface area (Å²) in [7, 11) is 1.62. The molecule has 2 rings (SSSR count). The van der Waals surface area contributed by atoms with Crippen LogP contribution in [0.5, 0.6) is 5.88 Å². The van der Waals surface area contributed by atoms with E-state index in [0.29, 0.717) is 12.4 Å². The Labute approximate surface area is 109 Å². The maximum atomic E-state index is 5.69. The molecule has 0 bridgehead atoms. The van der Waals surface area contributed by atoms with Crippen LogP contribution in [-0.2, 0) is 13.0 Å². The Morgan fingerprint density at radius 3 is 2.65 bits per heavy atom. The van der Waals surface area contributed by atoms with Gasteiger partial charge in [-0.15, -0.1) is 0 Å². The van der Waals surface area contributed by atoms with Crippen molar-refractivity contribution in [3.63, 3.8) is 0 Å². The van der Waals surface area contributed by atoms with Crippen LogP contribution >= 0.6 is 15.9 Å². The lowest BCUT2D eigenvalue weighted by Crippen LogP contribution is -2.02. The van der Waals surface area contributed by atoms with Gasteiger partial charge in [-0.3, -0.25) is 0 Å². The number of nitrogens with two attached hydrogens (primary N) is 1. The topological polar surface area (TPSA) is 48.1 Å². The molecule has 4 heteroatoms. The molecule has 3 nitrogen and oxygen atoms in total. The first-order chi connectivity index (χ1) is 8.19. The average Bonchev–Trinajstić information content (AvgIpc) is 2.35. The number of hydrogen-bond acceptors (Lipinski definition) is 3. The number of halogens is 1. The zero-order chi connectivity index (χ0) is 12.4. The summed E-state index contributed by atoms with van der Waals surface area (Å²) in [5.41, 5.74) is 8.82. The molecule has 2 aromatic rings. The van der Waals surface area contributed by atoms with E-state index < -0.39 is 0 Å². The van der Waals surface area contributed by atoms with E-state index in [-0.39, 0.29) is 0 Å². The van der Waals surface area contributed by atoms with Gasteiger partial charge in [0.05, 0.1) is 12.6 Å². The van der Waals surface area contributed by atoms with E-state index in [1.807, 2.05) is 6.07 Å². The summed E-state index contributed by atoms with van der Waals surface area (Å²) in [6.45, 7) is 2.55. The quantitative estimate of drug-likeness (QED) is 0.947. The number of methoxy groups -OCH3 is 1. The van der Waals surface area contributed by atoms with Crippen molar-refractivity contribution in [3.05, 3.63) is 33.8 Å². The van der Waals surface area contributed by atoms with Gasteiger partial charge in [0.15, 0.2) is 0 Å². The molecule has 0 amide bonds. The largest absolute Gasteiger partial charge is 0.481 e. The van der Waals surface area contributed by atoms with E-state index in [2.05, 4.69) is 40.0 Å². The maximum Gasteiger partial charge on any atom is 0.218 e. The van der Waals surface area contributed by atoms with Gasteiger partial charge in [-0.2, -0.15) is 0 Å². The van der Waals surface area contributed by atoms with Crippen molar-refractivity contribution in [2.75, 3.05) is 7.11 Å². The molecule has 0 saturated carbocycles. The molecule has 2 N–H and O–H groups in total. The molecule has 0 unspecified atom stereocenters. The second-order valence-corrected chi connectivity index (χ2v) is 4.77. The lowest BCUT2D eigenvalue weighted by atomic mass is 10.1. The van der Waals surface area contributed by atoms with Gasteiger partial charge in [-0.25, -0.2) is 4.98 Å². The van der Waals surface area contributed by atoms with Gasteiger partial charge in [0.1, 0.15) is 0 Å². The Morgan fingerprint density at radius 1 is 1.29 bits per heavy atom. The van der Waals surface area contributed by atoms with Crippen LogP contribution in [0.4, 0.5) is 0 Å². The lowest BCUT2D eigenvalue weighted by Gasteiger charge is -2.10. The first-order valence-corrected chi connectivity index (χ1v) is 6.35. The minimum Gasteiger partial charge on any atom is -0.481 e. The van der Waals surface area contributed by atoms with Gasteiger partial charge in [0.2, 0.25) is 5.88 Å². The van der Waals surface area contributed by atoms with E-state index in [1.165, 1.54) is 5.56 Å². The van der Waals surface area contributed by atoms with E-state index in [9.17, 15) is 0 Å². The van der Waals surface area contributed by atoms with Crippen LogP contribution < -0.4 is 10.5 Å². The summed E-state index contributed by atoms with van der Waals surface area (Å²) >= 11 is 3.52. The lowest BCUT2D eigenvalue weighted by molar-refractivity contribution is 0.394. The molecule has 90 valence electrons. The Hall–Kier alpha value is -1.13.